The predicted octanol–water partition coefficient (Wildman–Crippen LogP) is 2.59. The van der Waals surface area contributed by atoms with Crippen molar-refractivity contribution in [3.63, 3.8) is 0 Å². The molecular weight excluding hydrogens is 471 g/mol. The SMILES string of the molecule is O=C1CC(C(=O)N2CCN(S(=O)(=O)c3ccc(C(F)(F)F)cc3)CC2)CN1Cc1ccccc1. The number of rotatable bonds is 5. The molecule has 0 saturated carbocycles. The number of nitrogens with zero attached hydrogens (tertiary/aromatic N) is 3. The lowest BCUT2D eigenvalue weighted by Gasteiger charge is -2.35. The average molecular weight is 496 g/mol. The van der Waals surface area contributed by atoms with E-state index in [0.29, 0.717) is 13.1 Å². The number of piperazine rings is 1. The highest BCUT2D eigenvalue weighted by Gasteiger charge is 2.38. The van der Waals surface area contributed by atoms with E-state index in [4.69, 9.17) is 0 Å². The van der Waals surface area contributed by atoms with Gasteiger partial charge in [-0.2, -0.15) is 17.5 Å². The van der Waals surface area contributed by atoms with Crippen LogP contribution >= 0.6 is 0 Å². The minimum Gasteiger partial charge on any atom is -0.340 e. The van der Waals surface area contributed by atoms with Gasteiger partial charge in [-0.25, -0.2) is 8.42 Å². The van der Waals surface area contributed by atoms with E-state index in [1.54, 1.807) is 9.80 Å². The molecule has 2 aliphatic heterocycles. The van der Waals surface area contributed by atoms with Crippen molar-refractivity contribution in [2.75, 3.05) is 32.7 Å². The van der Waals surface area contributed by atoms with Crippen LogP contribution in [0.15, 0.2) is 59.5 Å². The first-order valence-electron chi connectivity index (χ1n) is 10.8. The lowest BCUT2D eigenvalue weighted by molar-refractivity contribution is -0.138. The summed E-state index contributed by atoms with van der Waals surface area (Å²) in [6.07, 6.45) is -4.43. The normalized spacial score (nSPS) is 20.1. The van der Waals surface area contributed by atoms with Crippen molar-refractivity contribution in [2.45, 2.75) is 24.0 Å². The maximum absolute atomic E-state index is 13.0. The smallest absolute Gasteiger partial charge is 0.340 e. The third-order valence-corrected chi connectivity index (χ3v) is 8.06. The number of likely N-dealkylation sites (tertiary alicyclic amines) is 1. The largest absolute Gasteiger partial charge is 0.416 e. The first-order valence-corrected chi connectivity index (χ1v) is 12.3. The van der Waals surface area contributed by atoms with Crippen LogP contribution in [0.5, 0.6) is 0 Å². The number of hydrogen-bond donors (Lipinski definition) is 0. The van der Waals surface area contributed by atoms with Gasteiger partial charge < -0.3 is 9.80 Å². The molecule has 2 fully saturated rings. The highest BCUT2D eigenvalue weighted by atomic mass is 32.2. The molecule has 7 nitrogen and oxygen atoms in total. The van der Waals surface area contributed by atoms with E-state index in [2.05, 4.69) is 0 Å². The number of halogens is 3. The molecule has 182 valence electrons. The molecule has 0 aromatic heterocycles. The van der Waals surface area contributed by atoms with Gasteiger partial charge in [0.15, 0.2) is 0 Å². The van der Waals surface area contributed by atoms with Gasteiger partial charge in [-0.05, 0) is 29.8 Å². The maximum Gasteiger partial charge on any atom is 0.416 e. The number of sulfonamides is 1. The minimum absolute atomic E-state index is 0.0312. The van der Waals surface area contributed by atoms with Crippen molar-refractivity contribution >= 4 is 21.8 Å². The summed E-state index contributed by atoms with van der Waals surface area (Å²) in [6.45, 7) is 1.12. The van der Waals surface area contributed by atoms with E-state index in [-0.39, 0.29) is 49.3 Å². The molecule has 2 aromatic rings. The predicted molar refractivity (Wildman–Crippen MR) is 117 cm³/mol. The monoisotopic (exact) mass is 495 g/mol. The van der Waals surface area contributed by atoms with E-state index < -0.39 is 27.7 Å². The zero-order valence-electron chi connectivity index (χ0n) is 18.2. The van der Waals surface area contributed by atoms with E-state index in [9.17, 15) is 31.2 Å². The zero-order valence-corrected chi connectivity index (χ0v) is 19.1. The fraction of sp³-hybridized carbons (Fsp3) is 0.391. The lowest BCUT2D eigenvalue weighted by Crippen LogP contribution is -2.52. The molecule has 34 heavy (non-hydrogen) atoms. The van der Waals surface area contributed by atoms with Crippen molar-refractivity contribution in [2.24, 2.45) is 5.92 Å². The summed E-state index contributed by atoms with van der Waals surface area (Å²) in [5, 5.41) is 0. The number of alkyl halides is 3. The van der Waals surface area contributed by atoms with Gasteiger partial charge in [-0.15, -0.1) is 0 Å². The number of hydrogen-bond acceptors (Lipinski definition) is 4. The van der Waals surface area contributed by atoms with E-state index in [0.717, 1.165) is 29.8 Å². The van der Waals surface area contributed by atoms with Gasteiger partial charge in [0, 0.05) is 45.7 Å². The van der Waals surface area contributed by atoms with Gasteiger partial charge in [0.25, 0.3) is 0 Å². The Morgan fingerprint density at radius 3 is 2.15 bits per heavy atom. The molecule has 2 saturated heterocycles. The van der Waals surface area contributed by atoms with Crippen LogP contribution < -0.4 is 0 Å². The van der Waals surface area contributed by atoms with Gasteiger partial charge in [0.2, 0.25) is 21.8 Å². The lowest BCUT2D eigenvalue weighted by atomic mass is 10.1. The third kappa shape index (κ3) is 5.10. The second-order valence-corrected chi connectivity index (χ2v) is 10.4. The van der Waals surface area contributed by atoms with E-state index in [1.807, 2.05) is 30.3 Å². The first-order chi connectivity index (χ1) is 16.1. The molecular formula is C23H24F3N3O4S. The minimum atomic E-state index is -4.55. The molecule has 0 N–H and O–H groups in total. The Bertz CT molecular complexity index is 1150. The molecule has 2 amide bonds. The van der Waals surface area contributed by atoms with Gasteiger partial charge in [0.1, 0.15) is 0 Å². The standard InChI is InChI=1S/C23H24F3N3O4S/c24-23(25,26)19-6-8-20(9-7-19)34(32,33)29-12-10-27(11-13-29)22(31)18-14-21(30)28(16-18)15-17-4-2-1-3-5-17/h1-9,18H,10-16H2. The summed E-state index contributed by atoms with van der Waals surface area (Å²) in [7, 11) is -3.98. The van der Waals surface area contributed by atoms with Gasteiger partial charge in [-0.3, -0.25) is 9.59 Å². The van der Waals surface area contributed by atoms with Crippen molar-refractivity contribution in [3.05, 3.63) is 65.7 Å². The first kappa shape index (κ1) is 24.2. The van der Waals surface area contributed by atoms with E-state index >= 15 is 0 Å². The maximum atomic E-state index is 13.0. The van der Waals surface area contributed by atoms with Crippen molar-refractivity contribution in [3.8, 4) is 0 Å². The van der Waals surface area contributed by atoms with E-state index in [1.165, 1.54) is 4.31 Å². The zero-order chi connectivity index (χ0) is 24.5. The highest BCUT2D eigenvalue weighted by molar-refractivity contribution is 7.89. The summed E-state index contributed by atoms with van der Waals surface area (Å²) in [4.78, 5) is 28.4. The van der Waals surface area contributed by atoms with Crippen molar-refractivity contribution in [1.29, 1.82) is 0 Å². The van der Waals surface area contributed by atoms with Crippen molar-refractivity contribution in [1.82, 2.24) is 14.1 Å². The van der Waals surface area contributed by atoms with Crippen LogP contribution in [0.1, 0.15) is 17.5 Å². The second-order valence-electron chi connectivity index (χ2n) is 8.41. The van der Waals surface area contributed by atoms with Crippen LogP contribution in [0.25, 0.3) is 0 Å². The third-order valence-electron chi connectivity index (χ3n) is 6.15. The van der Waals surface area contributed by atoms with Gasteiger partial charge in [0.05, 0.1) is 16.4 Å². The van der Waals surface area contributed by atoms with Crippen LogP contribution in [-0.2, 0) is 32.3 Å². The van der Waals surface area contributed by atoms with Crippen LogP contribution in [0, 0.1) is 5.92 Å². The molecule has 2 aliphatic rings. The number of benzene rings is 2. The van der Waals surface area contributed by atoms with Crippen LogP contribution in [-0.4, -0.2) is 67.1 Å². The number of carbonyl (C=O) groups is 2. The average Bonchev–Trinajstić information content (AvgIpc) is 3.19. The van der Waals surface area contributed by atoms with Crippen LogP contribution in [0.3, 0.4) is 0 Å². The van der Waals surface area contributed by atoms with Crippen LogP contribution in [0.2, 0.25) is 0 Å². The Hall–Kier alpha value is -2.92. The van der Waals surface area contributed by atoms with Gasteiger partial charge >= 0.3 is 6.18 Å². The summed E-state index contributed by atoms with van der Waals surface area (Å²) in [5.74, 6) is -0.754. The Balaban J connectivity index is 1.34. The Kier molecular flexibility index (Phi) is 6.68. The van der Waals surface area contributed by atoms with Crippen molar-refractivity contribution < 1.29 is 31.2 Å². The number of amides is 2. The molecule has 1 atom stereocenters. The molecule has 2 heterocycles. The molecule has 0 radical (unpaired) electrons. The quantitative estimate of drug-likeness (QED) is 0.639. The molecule has 2 aromatic carbocycles. The fourth-order valence-corrected chi connectivity index (χ4v) is 5.69. The van der Waals surface area contributed by atoms with Crippen LogP contribution in [0.4, 0.5) is 13.2 Å². The Morgan fingerprint density at radius 1 is 0.941 bits per heavy atom. The molecule has 0 bridgehead atoms. The fourth-order valence-electron chi connectivity index (χ4n) is 4.27. The Morgan fingerprint density at radius 2 is 1.56 bits per heavy atom. The molecule has 1 unspecified atom stereocenters. The summed E-state index contributed by atoms with van der Waals surface area (Å²) < 4.78 is 65.1. The molecule has 0 spiro atoms. The summed E-state index contributed by atoms with van der Waals surface area (Å²) in [6, 6.07) is 12.9. The molecule has 4 rings (SSSR count). The molecule has 0 aliphatic carbocycles. The van der Waals surface area contributed by atoms with Gasteiger partial charge in [-0.1, -0.05) is 30.3 Å². The highest BCUT2D eigenvalue weighted by Crippen LogP contribution is 2.30. The molecule has 11 heteroatoms. The second kappa shape index (κ2) is 9.38. The summed E-state index contributed by atoms with van der Waals surface area (Å²) in [5.41, 5.74) is 0.0559. The number of carbonyl (C=O) groups excluding carboxylic acids is 2. The Labute approximate surface area is 195 Å². The summed E-state index contributed by atoms with van der Waals surface area (Å²) >= 11 is 0. The topological polar surface area (TPSA) is 78.0 Å².